The number of aromatic amines is 1. The zero-order valence-corrected chi connectivity index (χ0v) is 16.5. The number of nitrogens with zero attached hydrogens (tertiary/aromatic N) is 1. The third-order valence-electron chi connectivity index (χ3n) is 5.04. The fourth-order valence-corrected chi connectivity index (χ4v) is 3.60. The normalized spacial score (nSPS) is 15.5. The Morgan fingerprint density at radius 2 is 1.92 bits per heavy atom. The molecule has 0 aliphatic heterocycles. The summed E-state index contributed by atoms with van der Waals surface area (Å²) in [4.78, 5) is 14.6. The van der Waals surface area contributed by atoms with Gasteiger partial charge in [-0.1, -0.05) is 12.8 Å². The van der Waals surface area contributed by atoms with Gasteiger partial charge >= 0.3 is 0 Å². The Morgan fingerprint density at radius 3 is 2.62 bits per heavy atom. The first-order valence-electron chi connectivity index (χ1n) is 9.91. The van der Waals surface area contributed by atoms with Crippen molar-refractivity contribution in [3.05, 3.63) is 24.0 Å². The number of likely N-dealkylation sites (N-methyl/N-ethyl adjacent to an activating group) is 1. The van der Waals surface area contributed by atoms with E-state index in [4.69, 9.17) is 9.47 Å². The molecule has 1 aromatic rings. The van der Waals surface area contributed by atoms with Gasteiger partial charge in [-0.05, 0) is 24.5 Å². The van der Waals surface area contributed by atoms with Gasteiger partial charge in [-0.25, -0.2) is 0 Å². The van der Waals surface area contributed by atoms with Crippen LogP contribution in [0.1, 0.15) is 31.2 Å². The number of amides is 1. The summed E-state index contributed by atoms with van der Waals surface area (Å²) in [6.07, 6.45) is 9.68. The Bertz CT molecular complexity index is 496. The van der Waals surface area contributed by atoms with E-state index < -0.39 is 0 Å². The number of rotatable bonds is 13. The smallest absolute Gasteiger partial charge is 0.224 e. The van der Waals surface area contributed by atoms with E-state index in [1.807, 2.05) is 18.5 Å². The average Bonchev–Trinajstić information content (AvgIpc) is 3.27. The molecular formula is C20H36N3O3+. The van der Waals surface area contributed by atoms with Gasteiger partial charge in [-0.2, -0.15) is 0 Å². The molecule has 1 amide bonds. The standard InChI is InChI=1S/C20H35N3O3/c1-23(2,17-18-5-3-4-6-18)10-12-26-14-13-25-11-9-22-20(24)15-19-7-8-21-16-19/h7-8,16,18,21H,3-6,9-15,17H2,1-2H3/p+1. The van der Waals surface area contributed by atoms with E-state index in [1.54, 1.807) is 0 Å². The van der Waals surface area contributed by atoms with Crippen LogP contribution >= 0.6 is 0 Å². The average molecular weight is 367 g/mol. The third kappa shape index (κ3) is 8.83. The topological polar surface area (TPSA) is 63.4 Å². The highest BCUT2D eigenvalue weighted by atomic mass is 16.5. The summed E-state index contributed by atoms with van der Waals surface area (Å²) in [5.74, 6) is 0.924. The lowest BCUT2D eigenvalue weighted by atomic mass is 10.1. The molecule has 26 heavy (non-hydrogen) atoms. The monoisotopic (exact) mass is 366 g/mol. The van der Waals surface area contributed by atoms with Gasteiger partial charge in [0.1, 0.15) is 6.54 Å². The molecule has 1 aliphatic carbocycles. The molecule has 6 nitrogen and oxygen atoms in total. The van der Waals surface area contributed by atoms with Gasteiger partial charge in [0.15, 0.2) is 0 Å². The van der Waals surface area contributed by atoms with Crippen LogP contribution in [0.4, 0.5) is 0 Å². The molecule has 6 heteroatoms. The predicted octanol–water partition coefficient (Wildman–Crippen LogP) is 1.97. The number of nitrogens with one attached hydrogen (secondary N) is 2. The molecule has 1 aromatic heterocycles. The lowest BCUT2D eigenvalue weighted by molar-refractivity contribution is -0.894. The van der Waals surface area contributed by atoms with Gasteiger partial charge in [0.25, 0.3) is 0 Å². The van der Waals surface area contributed by atoms with Crippen LogP contribution in [0.3, 0.4) is 0 Å². The SMILES string of the molecule is C[N+](C)(CCOCCOCCNC(=O)Cc1cc[nH]c1)CC1CCCC1. The molecule has 148 valence electrons. The van der Waals surface area contributed by atoms with Gasteiger partial charge < -0.3 is 24.3 Å². The number of hydrogen-bond acceptors (Lipinski definition) is 3. The first-order chi connectivity index (χ1) is 12.6. The molecule has 1 fully saturated rings. The third-order valence-corrected chi connectivity index (χ3v) is 5.04. The van der Waals surface area contributed by atoms with E-state index in [0.717, 1.165) is 29.1 Å². The molecule has 0 spiro atoms. The molecule has 2 N–H and O–H groups in total. The van der Waals surface area contributed by atoms with E-state index in [1.165, 1.54) is 32.2 Å². The molecule has 0 saturated heterocycles. The van der Waals surface area contributed by atoms with E-state index in [0.29, 0.717) is 32.8 Å². The second-order valence-corrected chi connectivity index (χ2v) is 7.96. The van der Waals surface area contributed by atoms with Crippen LogP contribution in [0.15, 0.2) is 18.5 Å². The first kappa shape index (κ1) is 20.9. The number of ether oxygens (including phenoxy) is 2. The molecule has 0 aromatic carbocycles. The highest BCUT2D eigenvalue weighted by Crippen LogP contribution is 2.26. The second-order valence-electron chi connectivity index (χ2n) is 7.96. The number of carbonyl (C=O) groups excluding carboxylic acids is 1. The van der Waals surface area contributed by atoms with Crippen LogP contribution in [0.5, 0.6) is 0 Å². The van der Waals surface area contributed by atoms with Gasteiger partial charge in [-0.3, -0.25) is 4.79 Å². The van der Waals surface area contributed by atoms with Crippen molar-refractivity contribution in [2.45, 2.75) is 32.1 Å². The number of H-pyrrole nitrogens is 1. The summed E-state index contributed by atoms with van der Waals surface area (Å²) < 4.78 is 12.2. The Balaban J connectivity index is 1.39. The van der Waals surface area contributed by atoms with Crippen molar-refractivity contribution < 1.29 is 18.8 Å². The van der Waals surface area contributed by atoms with Crippen molar-refractivity contribution >= 4 is 5.91 Å². The highest BCUT2D eigenvalue weighted by Gasteiger charge is 2.24. The number of quaternary nitrogens is 1. The second kappa shape index (κ2) is 11.4. The van der Waals surface area contributed by atoms with Gasteiger partial charge in [0.05, 0.1) is 53.5 Å². The molecule has 0 atom stereocenters. The lowest BCUT2D eigenvalue weighted by Gasteiger charge is -2.32. The fourth-order valence-electron chi connectivity index (χ4n) is 3.60. The van der Waals surface area contributed by atoms with E-state index in [9.17, 15) is 4.79 Å². The summed E-state index contributed by atoms with van der Waals surface area (Å²) in [6.45, 7) is 5.33. The van der Waals surface area contributed by atoms with Crippen molar-refractivity contribution in [1.29, 1.82) is 0 Å². The van der Waals surface area contributed by atoms with Crippen molar-refractivity contribution in [3.63, 3.8) is 0 Å². The molecular weight excluding hydrogens is 330 g/mol. The molecule has 0 unspecified atom stereocenters. The van der Waals surface area contributed by atoms with Crippen molar-refractivity contribution in [1.82, 2.24) is 10.3 Å². The maximum atomic E-state index is 11.7. The Hall–Kier alpha value is -1.37. The van der Waals surface area contributed by atoms with Crippen molar-refractivity contribution in [2.24, 2.45) is 5.92 Å². The molecule has 2 rings (SSSR count). The molecule has 0 bridgehead atoms. The van der Waals surface area contributed by atoms with E-state index >= 15 is 0 Å². The van der Waals surface area contributed by atoms with Crippen LogP contribution in [-0.2, 0) is 20.7 Å². The minimum absolute atomic E-state index is 0.0201. The van der Waals surface area contributed by atoms with Gasteiger partial charge in [0.2, 0.25) is 5.91 Å². The molecule has 1 heterocycles. The van der Waals surface area contributed by atoms with Gasteiger partial charge in [0, 0.05) is 24.9 Å². The Kier molecular flexibility index (Phi) is 9.15. The number of hydrogen-bond donors (Lipinski definition) is 2. The number of carbonyl (C=O) groups is 1. The predicted molar refractivity (Wildman–Crippen MR) is 103 cm³/mol. The fraction of sp³-hybridized carbons (Fsp3) is 0.750. The summed E-state index contributed by atoms with van der Waals surface area (Å²) in [6, 6.07) is 1.90. The minimum Gasteiger partial charge on any atom is -0.377 e. The van der Waals surface area contributed by atoms with Crippen molar-refractivity contribution in [2.75, 3.05) is 60.2 Å². The van der Waals surface area contributed by atoms with E-state index in [-0.39, 0.29) is 5.91 Å². The summed E-state index contributed by atoms with van der Waals surface area (Å²) in [7, 11) is 4.60. The number of aromatic nitrogens is 1. The zero-order valence-electron chi connectivity index (χ0n) is 16.5. The maximum absolute atomic E-state index is 11.7. The van der Waals surface area contributed by atoms with Crippen LogP contribution in [0.2, 0.25) is 0 Å². The summed E-state index contributed by atoms with van der Waals surface area (Å²) in [5, 5.41) is 2.86. The minimum atomic E-state index is 0.0201. The molecule has 1 saturated carbocycles. The van der Waals surface area contributed by atoms with Crippen LogP contribution < -0.4 is 5.32 Å². The van der Waals surface area contributed by atoms with Crippen LogP contribution in [0, 0.1) is 5.92 Å². The first-order valence-corrected chi connectivity index (χ1v) is 9.91. The largest absolute Gasteiger partial charge is 0.377 e. The van der Waals surface area contributed by atoms with Gasteiger partial charge in [-0.15, -0.1) is 0 Å². The lowest BCUT2D eigenvalue weighted by Crippen LogP contribution is -2.45. The van der Waals surface area contributed by atoms with Crippen LogP contribution in [-0.4, -0.2) is 75.5 Å². The highest BCUT2D eigenvalue weighted by molar-refractivity contribution is 5.78. The Morgan fingerprint density at radius 1 is 1.19 bits per heavy atom. The van der Waals surface area contributed by atoms with Crippen molar-refractivity contribution in [3.8, 4) is 0 Å². The summed E-state index contributed by atoms with van der Waals surface area (Å²) >= 11 is 0. The zero-order chi connectivity index (χ0) is 18.7. The maximum Gasteiger partial charge on any atom is 0.224 e. The molecule has 1 aliphatic rings. The van der Waals surface area contributed by atoms with E-state index in [2.05, 4.69) is 24.4 Å². The Labute approximate surface area is 157 Å². The van der Waals surface area contributed by atoms with Crippen LogP contribution in [0.25, 0.3) is 0 Å². The quantitative estimate of drug-likeness (QED) is 0.414. The molecule has 0 radical (unpaired) electrons. The summed E-state index contributed by atoms with van der Waals surface area (Å²) in [5.41, 5.74) is 0.992.